The standard InChI is InChI=1S/C16H21N3OS/c17-14(16(20)19-12-5-7-21-8-6-12)9-11-10-18-15-4-2-1-3-13(11)15/h1-4,10,12,14,18H,5-9,17H2,(H,19,20)/t14-/m1/s1. The predicted molar refractivity (Wildman–Crippen MR) is 88.5 cm³/mol. The Hall–Kier alpha value is -1.46. The summed E-state index contributed by atoms with van der Waals surface area (Å²) in [6.45, 7) is 0. The van der Waals surface area contributed by atoms with Gasteiger partial charge in [-0.2, -0.15) is 11.8 Å². The average Bonchev–Trinajstić information content (AvgIpc) is 2.91. The number of H-pyrrole nitrogens is 1. The molecule has 1 amide bonds. The van der Waals surface area contributed by atoms with Gasteiger partial charge in [0.15, 0.2) is 0 Å². The lowest BCUT2D eigenvalue weighted by Crippen LogP contribution is -2.47. The van der Waals surface area contributed by atoms with Crippen LogP contribution in [0.1, 0.15) is 18.4 Å². The van der Waals surface area contributed by atoms with Crippen molar-refractivity contribution in [1.29, 1.82) is 0 Å². The summed E-state index contributed by atoms with van der Waals surface area (Å²) < 4.78 is 0. The topological polar surface area (TPSA) is 70.9 Å². The highest BCUT2D eigenvalue weighted by atomic mass is 32.2. The van der Waals surface area contributed by atoms with E-state index in [1.54, 1.807) is 0 Å². The van der Waals surface area contributed by atoms with E-state index < -0.39 is 6.04 Å². The Balaban J connectivity index is 1.62. The van der Waals surface area contributed by atoms with Crippen LogP contribution in [-0.2, 0) is 11.2 Å². The van der Waals surface area contributed by atoms with E-state index in [1.807, 2.05) is 36.2 Å². The Labute approximate surface area is 128 Å². The first-order chi connectivity index (χ1) is 10.2. The highest BCUT2D eigenvalue weighted by molar-refractivity contribution is 7.99. The first kappa shape index (κ1) is 14.5. The van der Waals surface area contributed by atoms with E-state index in [1.165, 1.54) is 0 Å². The zero-order valence-corrected chi connectivity index (χ0v) is 12.8. The van der Waals surface area contributed by atoms with Crippen molar-refractivity contribution in [1.82, 2.24) is 10.3 Å². The molecule has 1 aliphatic heterocycles. The molecule has 0 unspecified atom stereocenters. The molecule has 1 aromatic carbocycles. The molecule has 0 saturated carbocycles. The second-order valence-corrected chi connectivity index (χ2v) is 6.79. The Bertz CT molecular complexity index is 619. The molecule has 2 aromatic rings. The van der Waals surface area contributed by atoms with Gasteiger partial charge >= 0.3 is 0 Å². The largest absolute Gasteiger partial charge is 0.361 e. The van der Waals surface area contributed by atoms with Gasteiger partial charge in [-0.3, -0.25) is 4.79 Å². The van der Waals surface area contributed by atoms with Crippen LogP contribution in [0.25, 0.3) is 10.9 Å². The molecular formula is C16H21N3OS. The Kier molecular flexibility index (Phi) is 4.51. The number of aromatic nitrogens is 1. The molecule has 1 atom stereocenters. The second-order valence-electron chi connectivity index (χ2n) is 5.57. The maximum atomic E-state index is 12.2. The van der Waals surface area contributed by atoms with E-state index in [9.17, 15) is 4.79 Å². The van der Waals surface area contributed by atoms with Crippen LogP contribution in [0, 0.1) is 0 Å². The number of nitrogens with two attached hydrogens (primary N) is 1. The smallest absolute Gasteiger partial charge is 0.237 e. The fraction of sp³-hybridized carbons (Fsp3) is 0.438. The van der Waals surface area contributed by atoms with Gasteiger partial charge in [0.05, 0.1) is 6.04 Å². The average molecular weight is 303 g/mol. The number of thioether (sulfide) groups is 1. The van der Waals surface area contributed by atoms with Gasteiger partial charge in [-0.15, -0.1) is 0 Å². The van der Waals surface area contributed by atoms with E-state index in [0.717, 1.165) is 40.8 Å². The van der Waals surface area contributed by atoms with Crippen LogP contribution in [0.15, 0.2) is 30.5 Å². The van der Waals surface area contributed by atoms with E-state index in [-0.39, 0.29) is 5.91 Å². The molecule has 0 radical (unpaired) electrons. The SMILES string of the molecule is N[C@H](Cc1c[nH]c2ccccc12)C(=O)NC1CCSCC1. The Morgan fingerprint density at radius 3 is 2.95 bits per heavy atom. The number of hydrogen-bond acceptors (Lipinski definition) is 3. The van der Waals surface area contributed by atoms with Gasteiger partial charge in [-0.1, -0.05) is 18.2 Å². The molecule has 21 heavy (non-hydrogen) atoms. The van der Waals surface area contributed by atoms with Crippen LogP contribution >= 0.6 is 11.8 Å². The Morgan fingerprint density at radius 2 is 2.14 bits per heavy atom. The van der Waals surface area contributed by atoms with Crippen LogP contribution in [0.5, 0.6) is 0 Å². The van der Waals surface area contributed by atoms with Gasteiger partial charge < -0.3 is 16.0 Å². The Morgan fingerprint density at radius 1 is 1.38 bits per heavy atom. The molecule has 1 aromatic heterocycles. The summed E-state index contributed by atoms with van der Waals surface area (Å²) in [4.78, 5) is 15.4. The van der Waals surface area contributed by atoms with Crippen molar-refractivity contribution in [3.63, 3.8) is 0 Å². The number of hydrogen-bond donors (Lipinski definition) is 3. The minimum absolute atomic E-state index is 0.0304. The summed E-state index contributed by atoms with van der Waals surface area (Å²) in [5.41, 5.74) is 8.28. The van der Waals surface area contributed by atoms with E-state index in [4.69, 9.17) is 5.73 Å². The van der Waals surface area contributed by atoms with Crippen molar-refractivity contribution in [2.24, 2.45) is 5.73 Å². The number of benzene rings is 1. The van der Waals surface area contributed by atoms with Crippen LogP contribution in [0.4, 0.5) is 0 Å². The summed E-state index contributed by atoms with van der Waals surface area (Å²) in [5, 5.41) is 4.24. The first-order valence-corrected chi connectivity index (χ1v) is 8.58. The normalized spacial score (nSPS) is 17.8. The maximum absolute atomic E-state index is 12.2. The number of rotatable bonds is 4. The second kappa shape index (κ2) is 6.54. The molecule has 1 aliphatic rings. The summed E-state index contributed by atoms with van der Waals surface area (Å²) in [6.07, 6.45) is 4.62. The molecule has 4 nitrogen and oxygen atoms in total. The summed E-state index contributed by atoms with van der Waals surface area (Å²) in [7, 11) is 0. The van der Waals surface area contributed by atoms with Crippen LogP contribution < -0.4 is 11.1 Å². The van der Waals surface area contributed by atoms with Gasteiger partial charge in [0.25, 0.3) is 0 Å². The molecule has 112 valence electrons. The lowest BCUT2D eigenvalue weighted by molar-refractivity contribution is -0.123. The van der Waals surface area contributed by atoms with Crippen molar-refractivity contribution in [2.75, 3.05) is 11.5 Å². The van der Waals surface area contributed by atoms with Crippen molar-refractivity contribution < 1.29 is 4.79 Å². The predicted octanol–water partition coefficient (Wildman–Crippen LogP) is 2.05. The van der Waals surface area contributed by atoms with Gasteiger partial charge in [0.2, 0.25) is 5.91 Å². The molecule has 2 heterocycles. The number of nitrogens with one attached hydrogen (secondary N) is 2. The maximum Gasteiger partial charge on any atom is 0.237 e. The molecule has 0 spiro atoms. The number of amides is 1. The molecule has 1 fully saturated rings. The van der Waals surface area contributed by atoms with Crippen molar-refractivity contribution in [3.05, 3.63) is 36.0 Å². The lowest BCUT2D eigenvalue weighted by atomic mass is 10.0. The summed E-state index contributed by atoms with van der Waals surface area (Å²) in [5.74, 6) is 2.22. The van der Waals surface area contributed by atoms with Gasteiger partial charge in [-0.25, -0.2) is 0 Å². The molecular weight excluding hydrogens is 282 g/mol. The minimum Gasteiger partial charge on any atom is -0.361 e. The summed E-state index contributed by atoms with van der Waals surface area (Å²) in [6, 6.07) is 7.90. The van der Waals surface area contributed by atoms with Crippen molar-refractivity contribution in [2.45, 2.75) is 31.3 Å². The van der Waals surface area contributed by atoms with Gasteiger partial charge in [0.1, 0.15) is 0 Å². The first-order valence-electron chi connectivity index (χ1n) is 7.43. The zero-order valence-electron chi connectivity index (χ0n) is 12.0. The molecule has 5 heteroatoms. The lowest BCUT2D eigenvalue weighted by Gasteiger charge is -2.24. The van der Waals surface area contributed by atoms with E-state index in [0.29, 0.717) is 12.5 Å². The third-order valence-electron chi connectivity index (χ3n) is 4.02. The van der Waals surface area contributed by atoms with Gasteiger partial charge in [-0.05, 0) is 42.4 Å². The number of aromatic amines is 1. The van der Waals surface area contributed by atoms with Crippen LogP contribution in [0.2, 0.25) is 0 Å². The number of fused-ring (bicyclic) bond motifs is 1. The quantitative estimate of drug-likeness (QED) is 0.809. The molecule has 0 aliphatic carbocycles. The van der Waals surface area contributed by atoms with Crippen LogP contribution in [0.3, 0.4) is 0 Å². The third kappa shape index (κ3) is 3.41. The monoisotopic (exact) mass is 303 g/mol. The third-order valence-corrected chi connectivity index (χ3v) is 5.07. The number of para-hydroxylation sites is 1. The van der Waals surface area contributed by atoms with Crippen LogP contribution in [-0.4, -0.2) is 34.5 Å². The highest BCUT2D eigenvalue weighted by Crippen LogP contribution is 2.19. The van der Waals surface area contributed by atoms with Gasteiger partial charge in [0, 0.05) is 23.1 Å². The zero-order chi connectivity index (χ0) is 14.7. The van der Waals surface area contributed by atoms with Crippen molar-refractivity contribution >= 4 is 28.6 Å². The molecule has 1 saturated heterocycles. The number of carbonyl (C=O) groups is 1. The molecule has 0 bridgehead atoms. The minimum atomic E-state index is -0.487. The summed E-state index contributed by atoms with van der Waals surface area (Å²) >= 11 is 1.95. The van der Waals surface area contributed by atoms with E-state index in [2.05, 4.69) is 16.4 Å². The fourth-order valence-corrected chi connectivity index (χ4v) is 3.89. The van der Waals surface area contributed by atoms with Crippen molar-refractivity contribution in [3.8, 4) is 0 Å². The highest BCUT2D eigenvalue weighted by Gasteiger charge is 2.21. The molecule has 3 rings (SSSR count). The number of carbonyl (C=O) groups excluding carboxylic acids is 1. The van der Waals surface area contributed by atoms with E-state index >= 15 is 0 Å². The fourth-order valence-electron chi connectivity index (χ4n) is 2.78. The molecule has 4 N–H and O–H groups in total.